The van der Waals surface area contributed by atoms with Crippen molar-refractivity contribution in [3.8, 4) is 0 Å². The Morgan fingerprint density at radius 3 is 1.23 bits per heavy atom. The van der Waals surface area contributed by atoms with Crippen LogP contribution in [0.2, 0.25) is 10.0 Å². The lowest BCUT2D eigenvalue weighted by molar-refractivity contribution is -0.146. The molecule has 0 aliphatic heterocycles. The number of carbonyl (C=O) groups is 2. The third-order valence-electron chi connectivity index (χ3n) is 5.73. The van der Waals surface area contributed by atoms with Gasteiger partial charge in [0.05, 0.1) is 0 Å². The fourth-order valence-electron chi connectivity index (χ4n) is 3.31. The first-order chi connectivity index (χ1) is 19.1. The van der Waals surface area contributed by atoms with E-state index in [1.807, 2.05) is 24.3 Å². The van der Waals surface area contributed by atoms with Crippen LogP contribution in [-0.2, 0) is 22.4 Å². The zero-order valence-corrected chi connectivity index (χ0v) is 25.1. The second-order valence-electron chi connectivity index (χ2n) is 9.33. The number of carboxylic acids is 2. The Bertz CT molecular complexity index is 868. The number of aliphatic carboxylic acids is 2. The van der Waals surface area contributed by atoms with Crippen LogP contribution in [0.1, 0.15) is 63.5 Å². The van der Waals surface area contributed by atoms with Crippen molar-refractivity contribution >= 4 is 35.1 Å². The molecule has 0 radical (unpaired) electrons. The molecule has 8 nitrogen and oxygen atoms in total. The van der Waals surface area contributed by atoms with Gasteiger partial charge in [-0.2, -0.15) is 0 Å². The van der Waals surface area contributed by atoms with Crippen molar-refractivity contribution < 1.29 is 30.0 Å². The van der Waals surface area contributed by atoms with E-state index in [0.29, 0.717) is 0 Å². The second kappa shape index (κ2) is 24.6. The molecule has 0 aromatic heterocycles. The minimum absolute atomic E-state index is 0.877. The SMILES string of the molecule is CC(O)C(=O)O.CC(O)C(=O)O.Clc1ccccc1CCNCCCCCCCCNCCc1ccccc1Cl. The highest BCUT2D eigenvalue weighted by atomic mass is 35.5. The van der Waals surface area contributed by atoms with Crippen LogP contribution in [0.4, 0.5) is 0 Å². The van der Waals surface area contributed by atoms with Crippen molar-refractivity contribution in [2.24, 2.45) is 0 Å². The summed E-state index contributed by atoms with van der Waals surface area (Å²) in [6.07, 6.45) is 7.38. The number of hydrogen-bond acceptors (Lipinski definition) is 6. The standard InChI is InChI=1S/C24H34Cl2N2.2C3H6O3/c25-23-13-7-5-11-21(23)15-19-27-17-9-3-1-2-4-10-18-28-20-16-22-12-6-8-14-24(22)26;2*1-2(4)3(5)6/h5-8,11-14,27-28H,1-4,9-10,15-20H2;2*2,4H,1H3,(H,5,6). The van der Waals surface area contributed by atoms with Gasteiger partial charge in [0.25, 0.3) is 0 Å². The quantitative estimate of drug-likeness (QED) is 0.136. The Hall–Kier alpha value is -2.20. The largest absolute Gasteiger partial charge is 0.479 e. The first kappa shape index (κ1) is 37.8. The predicted molar refractivity (Wildman–Crippen MR) is 162 cm³/mol. The van der Waals surface area contributed by atoms with E-state index in [1.54, 1.807) is 0 Å². The molecule has 0 spiro atoms. The molecule has 0 fully saturated rings. The first-order valence-corrected chi connectivity index (χ1v) is 14.5. The van der Waals surface area contributed by atoms with Gasteiger partial charge < -0.3 is 31.1 Å². The number of aliphatic hydroxyl groups excluding tert-OH is 2. The molecule has 2 rings (SSSR count). The Labute approximate surface area is 248 Å². The molecule has 10 heteroatoms. The Morgan fingerprint density at radius 1 is 0.625 bits per heavy atom. The molecule has 2 atom stereocenters. The average molecular weight is 602 g/mol. The minimum Gasteiger partial charge on any atom is -0.479 e. The summed E-state index contributed by atoms with van der Waals surface area (Å²) >= 11 is 12.3. The van der Waals surface area contributed by atoms with Crippen molar-refractivity contribution in [2.75, 3.05) is 26.2 Å². The van der Waals surface area contributed by atoms with Gasteiger partial charge in [0.2, 0.25) is 0 Å². The van der Waals surface area contributed by atoms with E-state index in [0.717, 1.165) is 49.1 Å². The monoisotopic (exact) mass is 600 g/mol. The van der Waals surface area contributed by atoms with Gasteiger partial charge in [-0.05, 0) is 89.0 Å². The van der Waals surface area contributed by atoms with E-state index in [9.17, 15) is 9.59 Å². The summed E-state index contributed by atoms with van der Waals surface area (Å²) in [4.78, 5) is 18.9. The molecule has 2 unspecified atom stereocenters. The lowest BCUT2D eigenvalue weighted by Gasteiger charge is -2.07. The average Bonchev–Trinajstić information content (AvgIpc) is 2.91. The molecule has 0 saturated heterocycles. The summed E-state index contributed by atoms with van der Waals surface area (Å²) < 4.78 is 0. The number of aliphatic hydroxyl groups is 2. The van der Waals surface area contributed by atoms with Gasteiger partial charge in [-0.25, -0.2) is 9.59 Å². The number of carboxylic acid groups (broad SMARTS) is 2. The fourth-order valence-corrected chi connectivity index (χ4v) is 3.77. The minimum atomic E-state index is -1.23. The van der Waals surface area contributed by atoms with Crippen LogP contribution in [0.5, 0.6) is 0 Å². The van der Waals surface area contributed by atoms with Crippen molar-refractivity contribution in [1.82, 2.24) is 10.6 Å². The number of rotatable bonds is 17. The molecule has 0 amide bonds. The molecule has 0 heterocycles. The van der Waals surface area contributed by atoms with Gasteiger partial charge in [-0.15, -0.1) is 0 Å². The molecule has 0 saturated carbocycles. The molecule has 6 N–H and O–H groups in total. The van der Waals surface area contributed by atoms with Gasteiger partial charge in [-0.1, -0.05) is 85.3 Å². The summed E-state index contributed by atoms with van der Waals surface area (Å²) in [5.74, 6) is -2.37. The third kappa shape index (κ3) is 21.6. The summed E-state index contributed by atoms with van der Waals surface area (Å²) in [5, 5.41) is 40.3. The van der Waals surface area contributed by atoms with E-state index in [4.69, 9.17) is 43.6 Å². The lowest BCUT2D eigenvalue weighted by atomic mass is 10.1. The second-order valence-corrected chi connectivity index (χ2v) is 10.1. The lowest BCUT2D eigenvalue weighted by Crippen LogP contribution is -2.19. The molecule has 2 aromatic rings. The molecular weight excluding hydrogens is 555 g/mol. The molecular formula is C30H46Cl2N2O6. The molecule has 0 aliphatic rings. The highest BCUT2D eigenvalue weighted by Gasteiger charge is 2.02. The summed E-state index contributed by atoms with van der Waals surface area (Å²) in [6, 6.07) is 16.2. The van der Waals surface area contributed by atoms with Gasteiger partial charge in [-0.3, -0.25) is 0 Å². The van der Waals surface area contributed by atoms with Crippen LogP contribution in [0.3, 0.4) is 0 Å². The van der Waals surface area contributed by atoms with E-state index < -0.39 is 24.1 Å². The fraction of sp³-hybridized carbons (Fsp3) is 0.533. The van der Waals surface area contributed by atoms with Crippen molar-refractivity contribution in [1.29, 1.82) is 0 Å². The normalized spacial score (nSPS) is 11.8. The van der Waals surface area contributed by atoms with E-state index in [2.05, 4.69) is 34.9 Å². The van der Waals surface area contributed by atoms with Crippen molar-refractivity contribution in [2.45, 2.75) is 77.4 Å². The zero-order valence-electron chi connectivity index (χ0n) is 23.6. The highest BCUT2D eigenvalue weighted by Crippen LogP contribution is 2.15. The Balaban J connectivity index is 0.00000106. The van der Waals surface area contributed by atoms with Crippen molar-refractivity contribution in [3.05, 3.63) is 69.7 Å². The van der Waals surface area contributed by atoms with Crippen LogP contribution in [0.25, 0.3) is 0 Å². The number of benzene rings is 2. The Morgan fingerprint density at radius 2 is 0.925 bits per heavy atom. The van der Waals surface area contributed by atoms with Crippen LogP contribution < -0.4 is 10.6 Å². The first-order valence-electron chi connectivity index (χ1n) is 13.8. The summed E-state index contributed by atoms with van der Waals surface area (Å²) in [6.45, 7) is 6.61. The summed E-state index contributed by atoms with van der Waals surface area (Å²) in [7, 11) is 0. The maximum absolute atomic E-state index is 9.45. The Kier molecular flexibility index (Phi) is 23.2. The third-order valence-corrected chi connectivity index (χ3v) is 6.47. The smallest absolute Gasteiger partial charge is 0.332 e. The molecule has 0 bridgehead atoms. The number of hydrogen-bond donors (Lipinski definition) is 6. The predicted octanol–water partition coefficient (Wildman–Crippen LogP) is 5.20. The number of unbranched alkanes of at least 4 members (excludes halogenated alkanes) is 5. The topological polar surface area (TPSA) is 139 Å². The van der Waals surface area contributed by atoms with E-state index >= 15 is 0 Å². The van der Waals surface area contributed by atoms with Gasteiger partial charge in [0.1, 0.15) is 12.2 Å². The maximum Gasteiger partial charge on any atom is 0.332 e. The molecule has 226 valence electrons. The molecule has 0 aliphatic carbocycles. The molecule has 2 aromatic carbocycles. The van der Waals surface area contributed by atoms with E-state index in [1.165, 1.54) is 63.5 Å². The zero-order chi connectivity index (χ0) is 30.2. The van der Waals surface area contributed by atoms with Crippen LogP contribution in [0, 0.1) is 0 Å². The van der Waals surface area contributed by atoms with Crippen LogP contribution in [-0.4, -0.2) is 70.8 Å². The molecule has 40 heavy (non-hydrogen) atoms. The maximum atomic E-state index is 9.45. The van der Waals surface area contributed by atoms with Crippen LogP contribution in [0.15, 0.2) is 48.5 Å². The van der Waals surface area contributed by atoms with E-state index in [-0.39, 0.29) is 0 Å². The number of halogens is 2. The number of nitrogens with one attached hydrogen (secondary N) is 2. The van der Waals surface area contributed by atoms with Gasteiger partial charge in [0, 0.05) is 10.0 Å². The highest BCUT2D eigenvalue weighted by molar-refractivity contribution is 6.31. The van der Waals surface area contributed by atoms with Gasteiger partial charge >= 0.3 is 11.9 Å². The van der Waals surface area contributed by atoms with Crippen LogP contribution >= 0.6 is 23.2 Å². The van der Waals surface area contributed by atoms with Gasteiger partial charge in [0.15, 0.2) is 0 Å². The van der Waals surface area contributed by atoms with Crippen molar-refractivity contribution in [3.63, 3.8) is 0 Å². The summed E-state index contributed by atoms with van der Waals surface area (Å²) in [5.41, 5.74) is 2.47.